The molecule has 5 heteroatoms. The summed E-state index contributed by atoms with van der Waals surface area (Å²) in [7, 11) is 0. The van der Waals surface area contributed by atoms with Gasteiger partial charge in [-0.3, -0.25) is 20.4 Å². The van der Waals surface area contributed by atoms with Gasteiger partial charge in [0.2, 0.25) is 0 Å². The van der Waals surface area contributed by atoms with E-state index in [0.717, 1.165) is 11.1 Å². The molecule has 4 nitrogen and oxygen atoms in total. The number of hydrazine groups is 1. The van der Waals surface area contributed by atoms with Crippen molar-refractivity contribution in [3.8, 4) is 0 Å². The predicted molar refractivity (Wildman–Crippen MR) is 87.3 cm³/mol. The van der Waals surface area contributed by atoms with Gasteiger partial charge in [0.1, 0.15) is 0 Å². The van der Waals surface area contributed by atoms with Crippen molar-refractivity contribution in [1.29, 1.82) is 0 Å². The summed E-state index contributed by atoms with van der Waals surface area (Å²) in [5.74, 6) is -0.851. The van der Waals surface area contributed by atoms with Gasteiger partial charge in [-0.25, -0.2) is 0 Å². The summed E-state index contributed by atoms with van der Waals surface area (Å²) in [6.45, 7) is 1.99. The molecule has 0 bridgehead atoms. The lowest BCUT2D eigenvalue weighted by atomic mass is 10.1. The van der Waals surface area contributed by atoms with Crippen molar-refractivity contribution in [2.24, 2.45) is 0 Å². The van der Waals surface area contributed by atoms with E-state index >= 15 is 0 Å². The highest BCUT2D eigenvalue weighted by atomic mass is 35.5. The molecular formula is C17H15ClN2O2. The third kappa shape index (κ3) is 4.75. The molecule has 112 valence electrons. The van der Waals surface area contributed by atoms with Gasteiger partial charge in [0.15, 0.2) is 0 Å². The van der Waals surface area contributed by atoms with Crippen molar-refractivity contribution in [2.45, 2.75) is 6.92 Å². The fourth-order valence-corrected chi connectivity index (χ4v) is 1.90. The number of rotatable bonds is 3. The Kier molecular flexibility index (Phi) is 5.33. The monoisotopic (exact) mass is 314 g/mol. The van der Waals surface area contributed by atoms with Crippen LogP contribution in [0.15, 0.2) is 54.6 Å². The molecule has 0 fully saturated rings. The number of hydrogen-bond donors (Lipinski definition) is 2. The Bertz CT molecular complexity index is 709. The predicted octanol–water partition coefficient (Wildman–Crippen LogP) is 3.12. The molecule has 0 aliphatic rings. The van der Waals surface area contributed by atoms with Gasteiger partial charge in [-0.2, -0.15) is 0 Å². The minimum absolute atomic E-state index is 0.371. The SMILES string of the molecule is Cc1ccc(C=CC(=O)NNC(=O)c2cccc(Cl)c2)cc1. The zero-order valence-electron chi connectivity index (χ0n) is 12.0. The zero-order valence-corrected chi connectivity index (χ0v) is 12.7. The fraction of sp³-hybridized carbons (Fsp3) is 0.0588. The Hall–Kier alpha value is -2.59. The van der Waals surface area contributed by atoms with Crippen molar-refractivity contribution >= 4 is 29.5 Å². The van der Waals surface area contributed by atoms with E-state index in [-0.39, 0.29) is 0 Å². The Morgan fingerprint density at radius 3 is 2.45 bits per heavy atom. The second kappa shape index (κ2) is 7.43. The first-order valence-electron chi connectivity index (χ1n) is 6.65. The van der Waals surface area contributed by atoms with Gasteiger partial charge in [-0.15, -0.1) is 0 Å². The first-order valence-corrected chi connectivity index (χ1v) is 7.03. The third-order valence-electron chi connectivity index (χ3n) is 2.89. The average molecular weight is 315 g/mol. The molecule has 0 atom stereocenters. The lowest BCUT2D eigenvalue weighted by Crippen LogP contribution is -2.40. The summed E-state index contributed by atoms with van der Waals surface area (Å²) in [4.78, 5) is 23.5. The fourth-order valence-electron chi connectivity index (χ4n) is 1.71. The Morgan fingerprint density at radius 2 is 1.77 bits per heavy atom. The third-order valence-corrected chi connectivity index (χ3v) is 3.13. The first kappa shape index (κ1) is 15.8. The van der Waals surface area contributed by atoms with Crippen LogP contribution in [-0.4, -0.2) is 11.8 Å². The smallest absolute Gasteiger partial charge is 0.268 e. The lowest BCUT2D eigenvalue weighted by Gasteiger charge is -2.05. The van der Waals surface area contributed by atoms with E-state index in [1.807, 2.05) is 31.2 Å². The minimum Gasteiger partial charge on any atom is -0.268 e. The van der Waals surface area contributed by atoms with Crippen LogP contribution in [0.1, 0.15) is 21.5 Å². The van der Waals surface area contributed by atoms with Gasteiger partial charge in [-0.05, 0) is 36.8 Å². The van der Waals surface area contributed by atoms with Crippen LogP contribution in [0.2, 0.25) is 5.02 Å². The van der Waals surface area contributed by atoms with Gasteiger partial charge < -0.3 is 0 Å². The largest absolute Gasteiger partial charge is 0.269 e. The number of amides is 2. The molecule has 22 heavy (non-hydrogen) atoms. The highest BCUT2D eigenvalue weighted by molar-refractivity contribution is 6.30. The standard InChI is InChI=1S/C17H15ClN2O2/c1-12-5-7-13(8-6-12)9-10-16(21)19-20-17(22)14-3-2-4-15(18)11-14/h2-11H,1H3,(H,19,21)(H,20,22). The Labute approximate surface area is 133 Å². The Morgan fingerprint density at radius 1 is 1.05 bits per heavy atom. The summed E-state index contributed by atoms with van der Waals surface area (Å²) >= 11 is 5.80. The number of benzene rings is 2. The molecule has 0 saturated heterocycles. The van der Waals surface area contributed by atoms with E-state index in [4.69, 9.17) is 11.6 Å². The number of hydrogen-bond acceptors (Lipinski definition) is 2. The van der Waals surface area contributed by atoms with E-state index in [1.54, 1.807) is 24.3 Å². The van der Waals surface area contributed by atoms with Crippen molar-refractivity contribution in [3.05, 3.63) is 76.3 Å². The number of nitrogens with one attached hydrogen (secondary N) is 2. The topological polar surface area (TPSA) is 58.2 Å². The van der Waals surface area contributed by atoms with Crippen LogP contribution < -0.4 is 10.9 Å². The summed E-state index contributed by atoms with van der Waals surface area (Å²) in [5.41, 5.74) is 7.06. The lowest BCUT2D eigenvalue weighted by molar-refractivity contribution is -0.117. The van der Waals surface area contributed by atoms with Crippen LogP contribution in [0.4, 0.5) is 0 Å². The Balaban J connectivity index is 1.87. The second-order valence-electron chi connectivity index (χ2n) is 4.70. The maximum Gasteiger partial charge on any atom is 0.269 e. The highest BCUT2D eigenvalue weighted by Gasteiger charge is 2.06. The van der Waals surface area contributed by atoms with Crippen LogP contribution >= 0.6 is 11.6 Å². The first-order chi connectivity index (χ1) is 10.5. The second-order valence-corrected chi connectivity index (χ2v) is 5.13. The molecule has 0 aliphatic carbocycles. The molecule has 2 aromatic rings. The quantitative estimate of drug-likeness (QED) is 0.675. The van der Waals surface area contributed by atoms with E-state index < -0.39 is 11.8 Å². The zero-order chi connectivity index (χ0) is 15.9. The van der Waals surface area contributed by atoms with E-state index in [9.17, 15) is 9.59 Å². The van der Waals surface area contributed by atoms with Crippen LogP contribution in [0.25, 0.3) is 6.08 Å². The number of aryl methyl sites for hydroxylation is 1. The molecule has 0 aromatic heterocycles. The minimum atomic E-state index is -0.431. The molecule has 0 radical (unpaired) electrons. The molecule has 0 saturated carbocycles. The maximum absolute atomic E-state index is 11.8. The van der Waals surface area contributed by atoms with Crippen molar-refractivity contribution in [3.63, 3.8) is 0 Å². The highest BCUT2D eigenvalue weighted by Crippen LogP contribution is 2.10. The molecule has 0 heterocycles. The average Bonchev–Trinajstić information content (AvgIpc) is 2.52. The van der Waals surface area contributed by atoms with E-state index in [0.29, 0.717) is 10.6 Å². The summed E-state index contributed by atoms with van der Waals surface area (Å²) in [6, 6.07) is 14.2. The molecule has 2 rings (SSSR count). The number of halogens is 1. The van der Waals surface area contributed by atoms with E-state index in [2.05, 4.69) is 10.9 Å². The molecule has 2 amide bonds. The molecule has 0 unspecified atom stereocenters. The van der Waals surface area contributed by atoms with Crippen LogP contribution in [0.5, 0.6) is 0 Å². The van der Waals surface area contributed by atoms with Gasteiger partial charge in [0.25, 0.3) is 11.8 Å². The summed E-state index contributed by atoms with van der Waals surface area (Å²) in [6.07, 6.45) is 3.02. The van der Waals surface area contributed by atoms with Crippen LogP contribution in [-0.2, 0) is 4.79 Å². The van der Waals surface area contributed by atoms with Gasteiger partial charge in [0, 0.05) is 16.7 Å². The van der Waals surface area contributed by atoms with Gasteiger partial charge in [0.05, 0.1) is 0 Å². The molecule has 0 spiro atoms. The van der Waals surface area contributed by atoms with Gasteiger partial charge in [-0.1, -0.05) is 47.5 Å². The van der Waals surface area contributed by atoms with Crippen LogP contribution in [0, 0.1) is 6.92 Å². The number of carbonyl (C=O) groups is 2. The van der Waals surface area contributed by atoms with Crippen molar-refractivity contribution < 1.29 is 9.59 Å². The molecule has 2 N–H and O–H groups in total. The summed E-state index contributed by atoms with van der Waals surface area (Å²) in [5, 5.41) is 0.457. The number of carbonyl (C=O) groups excluding carboxylic acids is 2. The summed E-state index contributed by atoms with van der Waals surface area (Å²) < 4.78 is 0. The maximum atomic E-state index is 11.8. The molecule has 0 aliphatic heterocycles. The normalized spacial score (nSPS) is 10.5. The van der Waals surface area contributed by atoms with Crippen LogP contribution in [0.3, 0.4) is 0 Å². The molecule has 2 aromatic carbocycles. The van der Waals surface area contributed by atoms with Crippen molar-refractivity contribution in [2.75, 3.05) is 0 Å². The van der Waals surface area contributed by atoms with Crippen molar-refractivity contribution in [1.82, 2.24) is 10.9 Å². The molecular weight excluding hydrogens is 300 g/mol. The van der Waals surface area contributed by atoms with E-state index in [1.165, 1.54) is 12.1 Å². The van der Waals surface area contributed by atoms with Gasteiger partial charge >= 0.3 is 0 Å².